The van der Waals surface area contributed by atoms with Crippen LogP contribution in [0.15, 0.2) is 109 Å². The first-order chi connectivity index (χ1) is 26.5. The highest BCUT2D eigenvalue weighted by molar-refractivity contribution is 5.71. The number of carbonyl (C=O) groups is 3. The molecule has 6 heteroatoms. The molecule has 0 rings (SSSR count). The van der Waals surface area contributed by atoms with Crippen molar-refractivity contribution >= 4 is 17.9 Å². The molecule has 0 aliphatic heterocycles. The van der Waals surface area contributed by atoms with Crippen LogP contribution in [0.5, 0.6) is 0 Å². The van der Waals surface area contributed by atoms with E-state index in [1.165, 1.54) is 0 Å². The lowest BCUT2D eigenvalue weighted by molar-refractivity contribution is -0.167. The van der Waals surface area contributed by atoms with Gasteiger partial charge in [-0.2, -0.15) is 0 Å². The number of esters is 3. The summed E-state index contributed by atoms with van der Waals surface area (Å²) in [4.78, 5) is 37.6. The number of unbranched alkanes of at least 4 members (excludes halogenated alkanes) is 6. The summed E-state index contributed by atoms with van der Waals surface area (Å²) >= 11 is 0. The molecular formula is C48H74O6. The second-order valence-corrected chi connectivity index (χ2v) is 13.1. The Morgan fingerprint density at radius 3 is 0.963 bits per heavy atom. The van der Waals surface area contributed by atoms with E-state index in [1.54, 1.807) is 0 Å². The average molecular weight is 747 g/mol. The van der Waals surface area contributed by atoms with Crippen LogP contribution in [-0.2, 0) is 28.6 Å². The molecule has 0 aromatic carbocycles. The van der Waals surface area contributed by atoms with Gasteiger partial charge in [0.15, 0.2) is 6.10 Å². The molecule has 0 fully saturated rings. The van der Waals surface area contributed by atoms with Gasteiger partial charge in [-0.25, -0.2) is 0 Å². The number of hydrogen-bond acceptors (Lipinski definition) is 6. The fourth-order valence-electron chi connectivity index (χ4n) is 4.95. The predicted octanol–water partition coefficient (Wildman–Crippen LogP) is 13.2. The van der Waals surface area contributed by atoms with E-state index in [0.717, 1.165) is 96.3 Å². The normalized spacial score (nSPS) is 12.7. The summed E-state index contributed by atoms with van der Waals surface area (Å²) in [5.74, 6) is -1.06. The molecule has 0 aromatic rings. The summed E-state index contributed by atoms with van der Waals surface area (Å²) in [5, 5.41) is 0. The quantitative estimate of drug-likeness (QED) is 0.0278. The van der Waals surface area contributed by atoms with E-state index in [1.807, 2.05) is 0 Å². The lowest BCUT2D eigenvalue weighted by atomic mass is 10.1. The zero-order valence-electron chi connectivity index (χ0n) is 34.2. The van der Waals surface area contributed by atoms with Crippen LogP contribution >= 0.6 is 0 Å². The number of ether oxygens (including phenoxy) is 3. The van der Waals surface area contributed by atoms with Crippen molar-refractivity contribution in [2.75, 3.05) is 13.2 Å². The van der Waals surface area contributed by atoms with Crippen molar-refractivity contribution in [3.63, 3.8) is 0 Å². The molecular weight excluding hydrogens is 673 g/mol. The minimum Gasteiger partial charge on any atom is -0.462 e. The van der Waals surface area contributed by atoms with Gasteiger partial charge in [-0.3, -0.25) is 14.4 Å². The summed E-state index contributed by atoms with van der Waals surface area (Å²) in [7, 11) is 0. The molecule has 0 bridgehead atoms. The lowest BCUT2D eigenvalue weighted by Crippen LogP contribution is -2.30. The highest BCUT2D eigenvalue weighted by atomic mass is 16.6. The third-order valence-corrected chi connectivity index (χ3v) is 8.00. The van der Waals surface area contributed by atoms with Crippen LogP contribution in [0.4, 0.5) is 0 Å². The summed E-state index contributed by atoms with van der Waals surface area (Å²) in [6, 6.07) is 0. The third-order valence-electron chi connectivity index (χ3n) is 8.00. The monoisotopic (exact) mass is 747 g/mol. The Hall–Kier alpha value is -3.93. The van der Waals surface area contributed by atoms with E-state index in [9.17, 15) is 14.4 Å². The average Bonchev–Trinajstić information content (AvgIpc) is 3.17. The van der Waals surface area contributed by atoms with E-state index in [0.29, 0.717) is 19.3 Å². The fourth-order valence-corrected chi connectivity index (χ4v) is 4.95. The first-order valence-electron chi connectivity index (χ1n) is 20.9. The molecule has 0 aliphatic carbocycles. The topological polar surface area (TPSA) is 78.9 Å². The van der Waals surface area contributed by atoms with Crippen molar-refractivity contribution in [2.24, 2.45) is 0 Å². The van der Waals surface area contributed by atoms with Gasteiger partial charge in [0.25, 0.3) is 0 Å². The van der Waals surface area contributed by atoms with Crippen molar-refractivity contribution in [3.05, 3.63) is 109 Å². The largest absolute Gasteiger partial charge is 0.462 e. The molecule has 54 heavy (non-hydrogen) atoms. The Bertz CT molecular complexity index is 1120. The molecule has 6 nitrogen and oxygen atoms in total. The van der Waals surface area contributed by atoms with Gasteiger partial charge < -0.3 is 14.2 Å². The Balaban J connectivity index is 4.59. The zero-order valence-corrected chi connectivity index (χ0v) is 34.2. The molecule has 0 heterocycles. The van der Waals surface area contributed by atoms with Crippen molar-refractivity contribution in [3.8, 4) is 0 Å². The molecule has 0 aromatic heterocycles. The lowest BCUT2D eigenvalue weighted by Gasteiger charge is -2.18. The van der Waals surface area contributed by atoms with Gasteiger partial charge in [-0.15, -0.1) is 0 Å². The minimum atomic E-state index is -0.828. The summed E-state index contributed by atoms with van der Waals surface area (Å²) < 4.78 is 16.5. The number of hydrogen-bond donors (Lipinski definition) is 0. The Labute approximate surface area is 330 Å². The fraction of sp³-hybridized carbons (Fsp3) is 0.562. The van der Waals surface area contributed by atoms with Crippen LogP contribution in [0.1, 0.15) is 156 Å². The van der Waals surface area contributed by atoms with Crippen molar-refractivity contribution in [1.29, 1.82) is 0 Å². The van der Waals surface area contributed by atoms with Crippen LogP contribution in [0.25, 0.3) is 0 Å². The van der Waals surface area contributed by atoms with Crippen molar-refractivity contribution < 1.29 is 28.6 Å². The SMILES string of the molecule is CC/C=C\C/C=C\C/C=C\CCCCC(=O)OCC(COC(=O)CCCC/C=C\C/C=C\C/C=C\CC)OC(=O)CCCC/C=C\C/C=C\C/C=C\CC. The van der Waals surface area contributed by atoms with Crippen molar-refractivity contribution in [2.45, 2.75) is 162 Å². The third kappa shape index (κ3) is 39.3. The standard InChI is InChI=1S/C48H74O6/c1-4-7-10-13-16-19-22-25-28-31-34-37-40-46(49)52-43-45(54-48(51)42-39-36-33-30-27-24-21-18-15-12-9-6-3)44-53-47(50)41-38-35-32-29-26-23-20-17-14-11-8-5-2/h7-12,16-21,25-30,45H,4-6,13-15,22-24,31-44H2,1-3H3/b10-7-,11-8-,12-9-,19-16-,20-17-,21-18-,28-25-,29-26-,30-27-. The smallest absolute Gasteiger partial charge is 0.306 e. The molecule has 0 radical (unpaired) electrons. The summed E-state index contributed by atoms with van der Waals surface area (Å²) in [5.41, 5.74) is 0. The summed E-state index contributed by atoms with van der Waals surface area (Å²) in [6.45, 7) is 6.13. The molecule has 0 amide bonds. The molecule has 0 atom stereocenters. The number of allylic oxidation sites excluding steroid dienone is 18. The number of carbonyl (C=O) groups excluding carboxylic acids is 3. The molecule has 0 saturated carbocycles. The second kappa shape index (κ2) is 41.8. The molecule has 0 aliphatic rings. The van der Waals surface area contributed by atoms with Gasteiger partial charge in [0.1, 0.15) is 13.2 Å². The minimum absolute atomic E-state index is 0.129. The molecule has 302 valence electrons. The molecule has 0 saturated heterocycles. The van der Waals surface area contributed by atoms with E-state index in [4.69, 9.17) is 14.2 Å². The molecule has 0 N–H and O–H groups in total. The maximum Gasteiger partial charge on any atom is 0.306 e. The maximum atomic E-state index is 12.7. The van der Waals surface area contributed by atoms with Gasteiger partial charge in [-0.1, -0.05) is 130 Å². The van der Waals surface area contributed by atoms with Gasteiger partial charge >= 0.3 is 17.9 Å². The Morgan fingerprint density at radius 1 is 0.370 bits per heavy atom. The van der Waals surface area contributed by atoms with Crippen LogP contribution < -0.4 is 0 Å². The van der Waals surface area contributed by atoms with Gasteiger partial charge in [0, 0.05) is 19.3 Å². The zero-order chi connectivity index (χ0) is 39.4. The van der Waals surface area contributed by atoms with Crippen LogP contribution in [0.2, 0.25) is 0 Å². The first kappa shape index (κ1) is 50.1. The van der Waals surface area contributed by atoms with Gasteiger partial charge in [0.05, 0.1) is 0 Å². The van der Waals surface area contributed by atoms with Crippen molar-refractivity contribution in [1.82, 2.24) is 0 Å². The van der Waals surface area contributed by atoms with Crippen LogP contribution in [-0.4, -0.2) is 37.2 Å². The van der Waals surface area contributed by atoms with E-state index < -0.39 is 6.10 Å². The maximum absolute atomic E-state index is 12.7. The second-order valence-electron chi connectivity index (χ2n) is 13.1. The van der Waals surface area contributed by atoms with E-state index >= 15 is 0 Å². The predicted molar refractivity (Wildman–Crippen MR) is 228 cm³/mol. The first-order valence-corrected chi connectivity index (χ1v) is 20.9. The highest BCUT2D eigenvalue weighted by Crippen LogP contribution is 2.09. The van der Waals surface area contributed by atoms with Gasteiger partial charge in [0.2, 0.25) is 0 Å². The van der Waals surface area contributed by atoms with Crippen LogP contribution in [0.3, 0.4) is 0 Å². The Morgan fingerprint density at radius 2 is 0.648 bits per heavy atom. The number of rotatable bonds is 35. The van der Waals surface area contributed by atoms with E-state index in [-0.39, 0.29) is 50.4 Å². The summed E-state index contributed by atoms with van der Waals surface area (Å²) in [6.07, 6.45) is 55.1. The van der Waals surface area contributed by atoms with E-state index in [2.05, 4.69) is 130 Å². The molecule has 0 spiro atoms. The Kier molecular flexibility index (Phi) is 38.8. The highest BCUT2D eigenvalue weighted by Gasteiger charge is 2.19. The molecule has 0 unspecified atom stereocenters. The van der Waals surface area contributed by atoms with Crippen LogP contribution in [0, 0.1) is 0 Å². The van der Waals surface area contributed by atoms with Gasteiger partial charge in [-0.05, 0) is 116 Å².